The van der Waals surface area contributed by atoms with Gasteiger partial charge >= 0.3 is 5.97 Å². The minimum atomic E-state index is -1.05. The molecule has 78 valence electrons. The highest BCUT2D eigenvalue weighted by Gasteiger charge is 2.06. The second-order valence-electron chi connectivity index (χ2n) is 2.96. The molecule has 5 heteroatoms. The lowest BCUT2D eigenvalue weighted by atomic mass is 10.2. The monoisotopic (exact) mass is 208 g/mol. The summed E-state index contributed by atoms with van der Waals surface area (Å²) in [6, 6.07) is 4.71. The van der Waals surface area contributed by atoms with Gasteiger partial charge in [0.1, 0.15) is 17.6 Å². The zero-order valence-corrected chi connectivity index (χ0v) is 7.64. The van der Waals surface area contributed by atoms with Gasteiger partial charge in [0, 0.05) is 0 Å². The number of carboxylic acid groups (broad SMARTS) is 1. The van der Waals surface area contributed by atoms with Gasteiger partial charge in [-0.25, -0.2) is 4.79 Å². The predicted molar refractivity (Wildman–Crippen MR) is 51.0 cm³/mol. The minimum absolute atomic E-state index is 0.00535. The highest BCUT2D eigenvalue weighted by Crippen LogP contribution is 2.29. The molecule has 0 atom stereocenters. The van der Waals surface area contributed by atoms with Crippen molar-refractivity contribution >= 4 is 16.9 Å². The fourth-order valence-corrected chi connectivity index (χ4v) is 1.23. The van der Waals surface area contributed by atoms with Crippen LogP contribution in [0, 0.1) is 0 Å². The first-order chi connectivity index (χ1) is 7.16. The molecule has 0 spiro atoms. The molecule has 0 unspecified atom stereocenters. The third-order valence-corrected chi connectivity index (χ3v) is 1.89. The van der Waals surface area contributed by atoms with Gasteiger partial charge in [0.25, 0.3) is 0 Å². The molecule has 0 bridgehead atoms. The Morgan fingerprint density at radius 2 is 2.27 bits per heavy atom. The average molecular weight is 208 g/mol. The van der Waals surface area contributed by atoms with Crippen molar-refractivity contribution in [3.05, 3.63) is 24.5 Å². The number of carboxylic acids is 1. The first-order valence-electron chi connectivity index (χ1n) is 4.21. The summed E-state index contributed by atoms with van der Waals surface area (Å²) >= 11 is 0. The molecule has 0 aliphatic rings. The van der Waals surface area contributed by atoms with Crippen LogP contribution in [0.2, 0.25) is 0 Å². The van der Waals surface area contributed by atoms with Crippen LogP contribution in [0.1, 0.15) is 0 Å². The topological polar surface area (TPSA) is 79.9 Å². The van der Waals surface area contributed by atoms with Gasteiger partial charge in [-0.1, -0.05) is 0 Å². The highest BCUT2D eigenvalue weighted by molar-refractivity contribution is 5.85. The molecule has 2 N–H and O–H groups in total. The molecule has 15 heavy (non-hydrogen) atoms. The molecule has 0 aliphatic heterocycles. The molecule has 0 radical (unpaired) electrons. The van der Waals surface area contributed by atoms with Crippen molar-refractivity contribution in [2.45, 2.75) is 0 Å². The third kappa shape index (κ3) is 1.85. The van der Waals surface area contributed by atoms with E-state index in [1.807, 2.05) is 0 Å². The van der Waals surface area contributed by atoms with Crippen LogP contribution in [0.4, 0.5) is 0 Å². The molecule has 0 saturated carbocycles. The Balaban J connectivity index is 2.29. The molecule has 1 aromatic heterocycles. The van der Waals surface area contributed by atoms with E-state index in [0.717, 1.165) is 0 Å². The van der Waals surface area contributed by atoms with Crippen molar-refractivity contribution in [2.24, 2.45) is 0 Å². The van der Waals surface area contributed by atoms with Crippen molar-refractivity contribution in [3.8, 4) is 11.5 Å². The molecular weight excluding hydrogens is 200 g/mol. The fourth-order valence-electron chi connectivity index (χ4n) is 1.23. The average Bonchev–Trinajstić information content (AvgIpc) is 2.57. The number of rotatable bonds is 3. The minimum Gasteiger partial charge on any atom is -0.504 e. The zero-order chi connectivity index (χ0) is 10.8. The summed E-state index contributed by atoms with van der Waals surface area (Å²) in [5, 5.41) is 18.3. The van der Waals surface area contributed by atoms with Gasteiger partial charge in [-0.2, -0.15) is 0 Å². The number of aliphatic carboxylic acids is 1. The first-order valence-corrected chi connectivity index (χ1v) is 4.21. The summed E-state index contributed by atoms with van der Waals surface area (Å²) in [5.41, 5.74) is 0.523. The van der Waals surface area contributed by atoms with E-state index in [1.54, 1.807) is 12.1 Å². The smallest absolute Gasteiger partial charge is 0.341 e. The van der Waals surface area contributed by atoms with E-state index < -0.39 is 12.6 Å². The highest BCUT2D eigenvalue weighted by atomic mass is 16.5. The Hall–Kier alpha value is -2.17. The summed E-state index contributed by atoms with van der Waals surface area (Å²) in [4.78, 5) is 10.3. The summed E-state index contributed by atoms with van der Waals surface area (Å²) in [7, 11) is 0. The van der Waals surface area contributed by atoms with Gasteiger partial charge < -0.3 is 19.4 Å². The Kier molecular flexibility index (Phi) is 2.21. The largest absolute Gasteiger partial charge is 0.504 e. The lowest BCUT2D eigenvalue weighted by Gasteiger charge is -2.02. The van der Waals surface area contributed by atoms with Gasteiger partial charge in [0.2, 0.25) is 0 Å². The second-order valence-corrected chi connectivity index (χ2v) is 2.96. The molecule has 2 aromatic rings. The zero-order valence-electron chi connectivity index (χ0n) is 7.64. The van der Waals surface area contributed by atoms with Gasteiger partial charge in [-0.3, -0.25) is 0 Å². The summed E-state index contributed by atoms with van der Waals surface area (Å²) < 4.78 is 9.95. The van der Waals surface area contributed by atoms with Crippen molar-refractivity contribution in [3.63, 3.8) is 0 Å². The Morgan fingerprint density at radius 1 is 1.47 bits per heavy atom. The lowest BCUT2D eigenvalue weighted by molar-refractivity contribution is -0.139. The second kappa shape index (κ2) is 3.53. The number of benzene rings is 1. The van der Waals surface area contributed by atoms with E-state index in [2.05, 4.69) is 0 Å². The maximum atomic E-state index is 10.3. The molecular formula is C10H8O5. The quantitative estimate of drug-likeness (QED) is 0.800. The number of ether oxygens (including phenoxy) is 1. The van der Waals surface area contributed by atoms with Crippen LogP contribution in [-0.4, -0.2) is 22.8 Å². The lowest BCUT2D eigenvalue weighted by Crippen LogP contribution is -2.09. The maximum absolute atomic E-state index is 10.3. The van der Waals surface area contributed by atoms with Crippen LogP contribution < -0.4 is 4.74 Å². The van der Waals surface area contributed by atoms with Crippen molar-refractivity contribution in [1.29, 1.82) is 0 Å². The number of carbonyl (C=O) groups is 1. The summed E-state index contributed by atoms with van der Waals surface area (Å²) in [5.74, 6) is -0.668. The van der Waals surface area contributed by atoms with E-state index in [4.69, 9.17) is 14.3 Å². The van der Waals surface area contributed by atoms with Gasteiger partial charge in [0.15, 0.2) is 12.4 Å². The molecule has 1 aromatic carbocycles. The van der Waals surface area contributed by atoms with Crippen molar-refractivity contribution < 1.29 is 24.2 Å². The fraction of sp³-hybridized carbons (Fsp3) is 0.100. The standard InChI is InChI=1S/C10H8O5/c11-8-4-15-9-2-1-6(3-7(8)9)14-5-10(12)13/h1-4,11H,5H2,(H,12,13). The number of fused-ring (bicyclic) bond motifs is 1. The molecule has 0 aliphatic carbocycles. The molecule has 0 amide bonds. The van der Waals surface area contributed by atoms with Crippen LogP contribution in [0.5, 0.6) is 11.5 Å². The first kappa shape index (κ1) is 9.39. The van der Waals surface area contributed by atoms with Crippen molar-refractivity contribution in [1.82, 2.24) is 0 Å². The van der Waals surface area contributed by atoms with E-state index in [-0.39, 0.29) is 5.75 Å². The van der Waals surface area contributed by atoms with Gasteiger partial charge in [0.05, 0.1) is 5.39 Å². The van der Waals surface area contributed by atoms with Crippen LogP contribution in [0.25, 0.3) is 11.0 Å². The van der Waals surface area contributed by atoms with Gasteiger partial charge in [-0.15, -0.1) is 0 Å². The number of furan rings is 1. The third-order valence-electron chi connectivity index (χ3n) is 1.89. The van der Waals surface area contributed by atoms with E-state index in [0.29, 0.717) is 16.7 Å². The Morgan fingerprint density at radius 3 is 3.00 bits per heavy atom. The van der Waals surface area contributed by atoms with E-state index in [1.165, 1.54) is 12.3 Å². The van der Waals surface area contributed by atoms with Gasteiger partial charge in [-0.05, 0) is 18.2 Å². The van der Waals surface area contributed by atoms with Crippen LogP contribution in [-0.2, 0) is 4.79 Å². The molecule has 0 saturated heterocycles. The molecule has 1 heterocycles. The Labute approximate surface area is 84.5 Å². The number of aromatic hydroxyl groups is 1. The van der Waals surface area contributed by atoms with Crippen molar-refractivity contribution in [2.75, 3.05) is 6.61 Å². The number of hydrogen-bond acceptors (Lipinski definition) is 4. The summed E-state index contributed by atoms with van der Waals surface area (Å²) in [6.45, 7) is -0.413. The van der Waals surface area contributed by atoms with E-state index in [9.17, 15) is 9.90 Å². The SMILES string of the molecule is O=C(O)COc1ccc2occ(O)c2c1. The molecule has 0 fully saturated rings. The van der Waals surface area contributed by atoms with Crippen LogP contribution in [0.15, 0.2) is 28.9 Å². The van der Waals surface area contributed by atoms with E-state index >= 15 is 0 Å². The normalized spacial score (nSPS) is 10.4. The predicted octanol–water partition coefficient (Wildman–Crippen LogP) is 1.60. The molecule has 2 rings (SSSR count). The Bertz CT molecular complexity index is 499. The summed E-state index contributed by atoms with van der Waals surface area (Å²) in [6.07, 6.45) is 1.21. The maximum Gasteiger partial charge on any atom is 0.341 e. The molecule has 5 nitrogen and oxygen atoms in total. The van der Waals surface area contributed by atoms with Crippen LogP contribution >= 0.6 is 0 Å². The number of hydrogen-bond donors (Lipinski definition) is 2. The van der Waals surface area contributed by atoms with Crippen LogP contribution in [0.3, 0.4) is 0 Å².